The molecule has 1 aliphatic heterocycles. The van der Waals surface area contributed by atoms with Crippen molar-refractivity contribution in [2.24, 2.45) is 5.41 Å². The van der Waals surface area contributed by atoms with Crippen LogP contribution in [-0.4, -0.2) is 38.5 Å². The molecule has 0 spiro atoms. The molecule has 17 heavy (non-hydrogen) atoms. The zero-order valence-electron chi connectivity index (χ0n) is 9.62. The number of aliphatic hydroxyl groups is 1. The summed E-state index contributed by atoms with van der Waals surface area (Å²) in [4.78, 5) is 1.79. The van der Waals surface area contributed by atoms with Crippen molar-refractivity contribution >= 4 is 5.69 Å². The zero-order chi connectivity index (χ0) is 12.5. The zero-order valence-corrected chi connectivity index (χ0v) is 9.62. The van der Waals surface area contributed by atoms with Crippen LogP contribution in [0.4, 0.5) is 14.5 Å². The van der Waals surface area contributed by atoms with Crippen LogP contribution in [0.25, 0.3) is 0 Å². The number of aliphatic hydroxyl groups excluding tert-OH is 1. The van der Waals surface area contributed by atoms with Crippen LogP contribution < -0.4 is 4.90 Å². The molecule has 0 atom stereocenters. The number of anilines is 1. The lowest BCUT2D eigenvalue weighted by atomic mass is 9.86. The lowest BCUT2D eigenvalue weighted by Crippen LogP contribution is -2.52. The summed E-state index contributed by atoms with van der Waals surface area (Å²) in [5.41, 5.74) is 0.309. The fourth-order valence-corrected chi connectivity index (χ4v) is 1.94. The summed E-state index contributed by atoms with van der Waals surface area (Å²) < 4.78 is 31.0. The van der Waals surface area contributed by atoms with E-state index in [1.807, 2.05) is 0 Å². The van der Waals surface area contributed by atoms with E-state index in [0.717, 1.165) is 12.1 Å². The van der Waals surface area contributed by atoms with Gasteiger partial charge in [-0.05, 0) is 12.1 Å². The third kappa shape index (κ3) is 2.40. The Labute approximate surface area is 98.6 Å². The fraction of sp³-hybridized carbons (Fsp3) is 0.500. The fourth-order valence-electron chi connectivity index (χ4n) is 1.94. The molecule has 1 aromatic carbocycles. The first-order chi connectivity index (χ1) is 8.06. The topological polar surface area (TPSA) is 32.7 Å². The smallest absolute Gasteiger partial charge is 0.160 e. The first-order valence-corrected chi connectivity index (χ1v) is 5.41. The Bertz CT molecular complexity index is 402. The van der Waals surface area contributed by atoms with Crippen molar-refractivity contribution in [3.05, 3.63) is 29.8 Å². The summed E-state index contributed by atoms with van der Waals surface area (Å²) in [6.45, 7) is 1.57. The summed E-state index contributed by atoms with van der Waals surface area (Å²) in [5.74, 6) is -1.72. The minimum atomic E-state index is -0.864. The highest BCUT2D eigenvalue weighted by molar-refractivity contribution is 5.46. The number of hydrogen-bond donors (Lipinski definition) is 1. The van der Waals surface area contributed by atoms with Gasteiger partial charge in [0, 0.05) is 25.3 Å². The Balaban J connectivity index is 2.08. The highest BCUT2D eigenvalue weighted by Gasteiger charge is 2.39. The van der Waals surface area contributed by atoms with Gasteiger partial charge in [-0.25, -0.2) is 8.78 Å². The first kappa shape index (κ1) is 12.3. The van der Waals surface area contributed by atoms with Crippen molar-refractivity contribution < 1.29 is 18.6 Å². The predicted molar refractivity (Wildman–Crippen MR) is 60.0 cm³/mol. The van der Waals surface area contributed by atoms with Gasteiger partial charge in [0.05, 0.1) is 25.2 Å². The van der Waals surface area contributed by atoms with Crippen LogP contribution in [0.3, 0.4) is 0 Å². The molecule has 0 saturated carbocycles. The molecule has 1 heterocycles. The van der Waals surface area contributed by atoms with E-state index in [1.165, 1.54) is 6.07 Å². The summed E-state index contributed by atoms with van der Waals surface area (Å²) in [7, 11) is 1.78. The minimum absolute atomic E-state index is 0.0288. The number of rotatable bonds is 4. The van der Waals surface area contributed by atoms with Crippen molar-refractivity contribution in [1.29, 1.82) is 0 Å². The maximum atomic E-state index is 13.1. The van der Waals surface area contributed by atoms with Crippen molar-refractivity contribution in [3.8, 4) is 0 Å². The molecule has 2 rings (SSSR count). The van der Waals surface area contributed by atoms with E-state index >= 15 is 0 Å². The molecule has 0 radical (unpaired) electrons. The van der Waals surface area contributed by atoms with Crippen LogP contribution in [0.1, 0.15) is 0 Å². The number of nitrogens with zero attached hydrogens (tertiary/aromatic N) is 1. The molecular formula is C12H15F2NO2. The number of ether oxygens (including phenoxy) is 1. The Morgan fingerprint density at radius 3 is 2.53 bits per heavy atom. The number of halogens is 2. The van der Waals surface area contributed by atoms with Crippen LogP contribution in [0.5, 0.6) is 0 Å². The monoisotopic (exact) mass is 243 g/mol. The van der Waals surface area contributed by atoms with E-state index in [4.69, 9.17) is 4.74 Å². The molecule has 1 aliphatic rings. The van der Waals surface area contributed by atoms with Gasteiger partial charge in [-0.15, -0.1) is 0 Å². The first-order valence-electron chi connectivity index (χ1n) is 5.41. The van der Waals surface area contributed by atoms with Gasteiger partial charge in [0.2, 0.25) is 0 Å². The summed E-state index contributed by atoms with van der Waals surface area (Å²) in [5, 5.41) is 9.29. The van der Waals surface area contributed by atoms with Gasteiger partial charge in [-0.3, -0.25) is 0 Å². The van der Waals surface area contributed by atoms with Crippen LogP contribution in [0.15, 0.2) is 18.2 Å². The molecule has 0 bridgehead atoms. The second-order valence-corrected chi connectivity index (χ2v) is 4.61. The van der Waals surface area contributed by atoms with Gasteiger partial charge >= 0.3 is 0 Å². The average molecular weight is 243 g/mol. The minimum Gasteiger partial charge on any atom is -0.396 e. The van der Waals surface area contributed by atoms with E-state index in [-0.39, 0.29) is 12.0 Å². The molecular weight excluding hydrogens is 228 g/mol. The van der Waals surface area contributed by atoms with Gasteiger partial charge in [0.1, 0.15) is 0 Å². The molecule has 1 saturated heterocycles. The molecule has 0 aliphatic carbocycles. The molecule has 1 fully saturated rings. The number of benzene rings is 1. The average Bonchev–Trinajstić information content (AvgIpc) is 2.27. The molecule has 0 amide bonds. The quantitative estimate of drug-likeness (QED) is 0.868. The summed E-state index contributed by atoms with van der Waals surface area (Å²) >= 11 is 0. The highest BCUT2D eigenvalue weighted by Crippen LogP contribution is 2.29. The summed E-state index contributed by atoms with van der Waals surface area (Å²) in [6, 6.07) is 3.77. The molecule has 0 unspecified atom stereocenters. The standard InChI is InChI=1S/C12H15F2NO2/c1-15(5-12(6-16)7-17-8-12)9-2-3-10(13)11(14)4-9/h2-4,16H,5-8H2,1H3. The Morgan fingerprint density at radius 1 is 1.35 bits per heavy atom. The van der Waals surface area contributed by atoms with E-state index < -0.39 is 11.6 Å². The van der Waals surface area contributed by atoms with E-state index in [1.54, 1.807) is 11.9 Å². The largest absolute Gasteiger partial charge is 0.396 e. The van der Waals surface area contributed by atoms with Gasteiger partial charge in [-0.2, -0.15) is 0 Å². The second-order valence-electron chi connectivity index (χ2n) is 4.61. The molecule has 0 aromatic heterocycles. The van der Waals surface area contributed by atoms with Gasteiger partial charge in [-0.1, -0.05) is 0 Å². The summed E-state index contributed by atoms with van der Waals surface area (Å²) in [6.07, 6.45) is 0. The van der Waals surface area contributed by atoms with Gasteiger partial charge in [0.25, 0.3) is 0 Å². The van der Waals surface area contributed by atoms with Crippen molar-refractivity contribution in [3.63, 3.8) is 0 Å². The third-order valence-electron chi connectivity index (χ3n) is 3.07. The third-order valence-corrected chi connectivity index (χ3v) is 3.07. The van der Waals surface area contributed by atoms with E-state index in [0.29, 0.717) is 25.4 Å². The molecule has 1 N–H and O–H groups in total. The van der Waals surface area contributed by atoms with Crippen LogP contribution in [0, 0.1) is 17.0 Å². The van der Waals surface area contributed by atoms with E-state index in [2.05, 4.69) is 0 Å². The Hall–Kier alpha value is -1.20. The lowest BCUT2D eigenvalue weighted by molar-refractivity contribution is -0.130. The maximum absolute atomic E-state index is 13.1. The molecule has 3 nitrogen and oxygen atoms in total. The second kappa shape index (κ2) is 4.58. The Kier molecular flexibility index (Phi) is 3.31. The predicted octanol–water partition coefficient (Wildman–Crippen LogP) is 1.41. The normalized spacial score (nSPS) is 17.6. The molecule has 5 heteroatoms. The van der Waals surface area contributed by atoms with Crippen LogP contribution >= 0.6 is 0 Å². The SMILES string of the molecule is CN(CC1(CO)COC1)c1ccc(F)c(F)c1. The van der Waals surface area contributed by atoms with Gasteiger partial charge in [0.15, 0.2) is 11.6 Å². The van der Waals surface area contributed by atoms with Crippen molar-refractivity contribution in [1.82, 2.24) is 0 Å². The number of hydrogen-bond acceptors (Lipinski definition) is 3. The highest BCUT2D eigenvalue weighted by atomic mass is 19.2. The van der Waals surface area contributed by atoms with Crippen LogP contribution in [-0.2, 0) is 4.74 Å². The van der Waals surface area contributed by atoms with Crippen molar-refractivity contribution in [2.75, 3.05) is 38.3 Å². The van der Waals surface area contributed by atoms with Crippen molar-refractivity contribution in [2.45, 2.75) is 0 Å². The molecule has 1 aromatic rings. The lowest BCUT2D eigenvalue weighted by Gasteiger charge is -2.42. The Morgan fingerprint density at radius 2 is 2.06 bits per heavy atom. The maximum Gasteiger partial charge on any atom is 0.160 e. The van der Waals surface area contributed by atoms with Crippen LogP contribution in [0.2, 0.25) is 0 Å². The van der Waals surface area contributed by atoms with Gasteiger partial charge < -0.3 is 14.7 Å². The molecule has 94 valence electrons. The van der Waals surface area contributed by atoms with E-state index in [9.17, 15) is 13.9 Å².